The van der Waals surface area contributed by atoms with Crippen LogP contribution in [0.1, 0.15) is 70.7 Å². The van der Waals surface area contributed by atoms with E-state index < -0.39 is 10.0 Å². The first-order valence-electron chi connectivity index (χ1n) is 10.8. The van der Waals surface area contributed by atoms with Crippen molar-refractivity contribution in [2.24, 2.45) is 5.92 Å². The summed E-state index contributed by atoms with van der Waals surface area (Å²) in [5.41, 5.74) is 0. The lowest BCUT2D eigenvalue weighted by atomic mass is 9.96. The van der Waals surface area contributed by atoms with E-state index in [1.54, 1.807) is 10.5 Å². The molecule has 1 aromatic heterocycles. The highest BCUT2D eigenvalue weighted by Gasteiger charge is 2.34. The van der Waals surface area contributed by atoms with Gasteiger partial charge in [-0.15, -0.1) is 0 Å². The minimum atomic E-state index is -3.48. The predicted molar refractivity (Wildman–Crippen MR) is 106 cm³/mol. The van der Waals surface area contributed by atoms with Gasteiger partial charge in [0.05, 0.1) is 0 Å². The molecular formula is C20H34N4O2S. The second kappa shape index (κ2) is 7.84. The highest BCUT2D eigenvalue weighted by atomic mass is 32.2. The molecule has 3 unspecified atom stereocenters. The van der Waals surface area contributed by atoms with E-state index in [1.165, 1.54) is 19.3 Å². The molecule has 7 heteroatoms. The average Bonchev–Trinajstić information content (AvgIpc) is 3.11. The summed E-state index contributed by atoms with van der Waals surface area (Å²) in [5.74, 6) is 1.37. The first kappa shape index (κ1) is 19.4. The summed E-state index contributed by atoms with van der Waals surface area (Å²) >= 11 is 0. The summed E-state index contributed by atoms with van der Waals surface area (Å²) in [4.78, 5) is 7.09. The molecule has 0 bridgehead atoms. The molecular weight excluding hydrogens is 360 g/mol. The molecule has 0 saturated carbocycles. The lowest BCUT2D eigenvalue weighted by Crippen LogP contribution is -2.46. The molecule has 0 amide bonds. The molecule has 2 fully saturated rings. The Balaban J connectivity index is 1.47. The molecule has 3 aliphatic rings. The van der Waals surface area contributed by atoms with Crippen LogP contribution < -0.4 is 0 Å². The molecule has 6 nitrogen and oxygen atoms in total. The number of piperidine rings is 2. The van der Waals surface area contributed by atoms with Crippen LogP contribution in [-0.4, -0.2) is 59.4 Å². The molecule has 27 heavy (non-hydrogen) atoms. The Bertz CT molecular complexity index is 760. The Morgan fingerprint density at radius 3 is 2.63 bits per heavy atom. The van der Waals surface area contributed by atoms with Crippen LogP contribution in [0.2, 0.25) is 0 Å². The topological polar surface area (TPSA) is 58.4 Å². The van der Waals surface area contributed by atoms with Crippen molar-refractivity contribution in [2.45, 2.75) is 82.3 Å². The summed E-state index contributed by atoms with van der Waals surface area (Å²) < 4.78 is 30.3. The lowest BCUT2D eigenvalue weighted by Gasteiger charge is -2.39. The Morgan fingerprint density at radius 2 is 1.85 bits per heavy atom. The zero-order valence-electron chi connectivity index (χ0n) is 16.8. The molecule has 0 aliphatic carbocycles. The van der Waals surface area contributed by atoms with Gasteiger partial charge in [0.2, 0.25) is 0 Å². The summed E-state index contributed by atoms with van der Waals surface area (Å²) in [6.07, 6.45) is 10.8. The number of fused-ring (bicyclic) bond motifs is 1. The van der Waals surface area contributed by atoms with E-state index in [9.17, 15) is 8.42 Å². The maximum atomic E-state index is 13.3. The molecule has 4 heterocycles. The van der Waals surface area contributed by atoms with Gasteiger partial charge in [-0.05, 0) is 64.8 Å². The third-order valence-corrected chi connectivity index (χ3v) is 8.54. The fourth-order valence-corrected chi connectivity index (χ4v) is 6.59. The van der Waals surface area contributed by atoms with E-state index in [0.29, 0.717) is 31.1 Å². The van der Waals surface area contributed by atoms with Gasteiger partial charge in [0, 0.05) is 44.3 Å². The monoisotopic (exact) mass is 394 g/mol. The van der Waals surface area contributed by atoms with E-state index in [0.717, 1.165) is 51.0 Å². The molecule has 3 atom stereocenters. The Hall–Kier alpha value is -0.920. The summed E-state index contributed by atoms with van der Waals surface area (Å²) in [7, 11) is -3.48. The van der Waals surface area contributed by atoms with Gasteiger partial charge in [-0.25, -0.2) is 13.4 Å². The first-order chi connectivity index (χ1) is 12.9. The maximum Gasteiger partial charge on any atom is 0.262 e. The van der Waals surface area contributed by atoms with Crippen LogP contribution in [0, 0.1) is 5.92 Å². The van der Waals surface area contributed by atoms with Crippen molar-refractivity contribution in [1.82, 2.24) is 18.8 Å². The molecule has 2 saturated heterocycles. The smallest absolute Gasteiger partial charge is 0.262 e. The van der Waals surface area contributed by atoms with Crippen molar-refractivity contribution in [3.8, 4) is 0 Å². The van der Waals surface area contributed by atoms with Gasteiger partial charge in [-0.2, -0.15) is 4.31 Å². The first-order valence-corrected chi connectivity index (χ1v) is 12.2. The molecule has 3 aliphatic heterocycles. The van der Waals surface area contributed by atoms with Gasteiger partial charge >= 0.3 is 0 Å². The second-order valence-electron chi connectivity index (χ2n) is 8.85. The number of aromatic nitrogens is 2. The second-order valence-corrected chi connectivity index (χ2v) is 10.7. The Labute approximate surface area is 164 Å². The third kappa shape index (κ3) is 3.96. The fourth-order valence-electron chi connectivity index (χ4n) is 5.08. The van der Waals surface area contributed by atoms with Crippen LogP contribution in [0.5, 0.6) is 0 Å². The standard InChI is InChI=1S/C20H34N4O2S/c1-16-7-3-4-11-22(16)13-18-9-6-12-23(14-18)27(25,26)20-15-24-17(2)8-5-10-19(24)21-20/h15-18H,3-14H2,1-2H3. The molecule has 152 valence electrons. The highest BCUT2D eigenvalue weighted by molar-refractivity contribution is 7.89. The van der Waals surface area contributed by atoms with E-state index in [1.807, 2.05) is 0 Å². The minimum Gasteiger partial charge on any atom is -0.331 e. The van der Waals surface area contributed by atoms with E-state index in [-0.39, 0.29) is 5.03 Å². The normalized spacial score (nSPS) is 31.0. The molecule has 0 spiro atoms. The minimum absolute atomic E-state index is 0.262. The number of imidazole rings is 1. The van der Waals surface area contributed by atoms with Crippen molar-refractivity contribution in [3.05, 3.63) is 12.0 Å². The number of aryl methyl sites for hydroxylation is 1. The van der Waals surface area contributed by atoms with Gasteiger partial charge in [0.15, 0.2) is 5.03 Å². The molecule has 4 rings (SSSR count). The summed E-state index contributed by atoms with van der Waals surface area (Å²) in [6, 6.07) is 0.979. The number of likely N-dealkylation sites (tertiary alicyclic amines) is 1. The number of sulfonamides is 1. The summed E-state index contributed by atoms with van der Waals surface area (Å²) in [5, 5.41) is 0.262. The molecule has 0 radical (unpaired) electrons. The highest BCUT2D eigenvalue weighted by Crippen LogP contribution is 2.29. The van der Waals surface area contributed by atoms with Gasteiger partial charge in [0.25, 0.3) is 10.0 Å². The predicted octanol–water partition coefficient (Wildman–Crippen LogP) is 3.06. The number of rotatable bonds is 4. The van der Waals surface area contributed by atoms with Crippen molar-refractivity contribution < 1.29 is 8.42 Å². The fraction of sp³-hybridized carbons (Fsp3) is 0.850. The van der Waals surface area contributed by atoms with Gasteiger partial charge < -0.3 is 9.47 Å². The maximum absolute atomic E-state index is 13.3. The number of hydrogen-bond acceptors (Lipinski definition) is 4. The van der Waals surface area contributed by atoms with Crippen molar-refractivity contribution in [2.75, 3.05) is 26.2 Å². The van der Waals surface area contributed by atoms with Gasteiger partial charge in [-0.1, -0.05) is 6.42 Å². The Morgan fingerprint density at radius 1 is 1.04 bits per heavy atom. The third-order valence-electron chi connectivity index (χ3n) is 6.80. The van der Waals surface area contributed by atoms with E-state index in [4.69, 9.17) is 0 Å². The average molecular weight is 395 g/mol. The SMILES string of the molecule is CC1CCCCN1CC1CCCN(S(=O)(=O)c2cn3c(n2)CCCC3C)C1. The quantitative estimate of drug-likeness (QED) is 0.788. The van der Waals surface area contributed by atoms with Crippen LogP contribution in [-0.2, 0) is 16.4 Å². The van der Waals surface area contributed by atoms with Gasteiger partial charge in [0.1, 0.15) is 5.82 Å². The van der Waals surface area contributed by atoms with Crippen LogP contribution in [0.4, 0.5) is 0 Å². The number of nitrogens with zero attached hydrogens (tertiary/aromatic N) is 4. The largest absolute Gasteiger partial charge is 0.331 e. The molecule has 1 aromatic rings. The zero-order valence-corrected chi connectivity index (χ0v) is 17.6. The lowest BCUT2D eigenvalue weighted by molar-refractivity contribution is 0.115. The molecule has 0 N–H and O–H groups in total. The number of hydrogen-bond donors (Lipinski definition) is 0. The zero-order chi connectivity index (χ0) is 19.0. The van der Waals surface area contributed by atoms with Crippen molar-refractivity contribution in [3.63, 3.8) is 0 Å². The Kier molecular flexibility index (Phi) is 5.63. The van der Waals surface area contributed by atoms with Crippen LogP contribution >= 0.6 is 0 Å². The molecule has 0 aromatic carbocycles. The van der Waals surface area contributed by atoms with Crippen LogP contribution in [0.25, 0.3) is 0 Å². The van der Waals surface area contributed by atoms with E-state index in [2.05, 4.69) is 28.3 Å². The van der Waals surface area contributed by atoms with Crippen molar-refractivity contribution in [1.29, 1.82) is 0 Å². The summed E-state index contributed by atoms with van der Waals surface area (Å²) in [6.45, 7) is 7.93. The van der Waals surface area contributed by atoms with Crippen molar-refractivity contribution >= 4 is 10.0 Å². The van der Waals surface area contributed by atoms with Crippen LogP contribution in [0.15, 0.2) is 11.2 Å². The van der Waals surface area contributed by atoms with Gasteiger partial charge in [-0.3, -0.25) is 0 Å². The van der Waals surface area contributed by atoms with Crippen LogP contribution in [0.3, 0.4) is 0 Å². The van der Waals surface area contributed by atoms with E-state index >= 15 is 0 Å².